The molecule has 0 saturated carbocycles. The van der Waals surface area contributed by atoms with Crippen molar-refractivity contribution in [2.24, 2.45) is 11.8 Å². The van der Waals surface area contributed by atoms with Crippen LogP contribution in [0.5, 0.6) is 0 Å². The van der Waals surface area contributed by atoms with Gasteiger partial charge in [0, 0.05) is 32.5 Å². The van der Waals surface area contributed by atoms with Crippen LogP contribution in [0, 0.1) is 11.8 Å². The fourth-order valence-corrected chi connectivity index (χ4v) is 2.81. The molecule has 8 nitrogen and oxygen atoms in total. The van der Waals surface area contributed by atoms with Gasteiger partial charge in [0.2, 0.25) is 11.8 Å². The maximum atomic E-state index is 12.3. The molecular formula is C15H22N4O4. The number of hydrogen-bond donors (Lipinski definition) is 1. The summed E-state index contributed by atoms with van der Waals surface area (Å²) in [5.41, 5.74) is 0. The Labute approximate surface area is 134 Å². The fourth-order valence-electron chi connectivity index (χ4n) is 2.81. The highest BCUT2D eigenvalue weighted by atomic mass is 16.4. The average molecular weight is 322 g/mol. The van der Waals surface area contributed by atoms with E-state index in [1.165, 1.54) is 14.5 Å². The minimum Gasteiger partial charge on any atom is -0.481 e. The van der Waals surface area contributed by atoms with Crippen LogP contribution in [0.25, 0.3) is 0 Å². The van der Waals surface area contributed by atoms with Crippen LogP contribution in [0.4, 0.5) is 0 Å². The quantitative estimate of drug-likeness (QED) is 0.828. The first kappa shape index (κ1) is 17.0. The topological polar surface area (TPSA) is 95.7 Å². The Morgan fingerprint density at radius 3 is 2.61 bits per heavy atom. The predicted molar refractivity (Wildman–Crippen MR) is 81.4 cm³/mol. The molecule has 2 heterocycles. The summed E-state index contributed by atoms with van der Waals surface area (Å²) in [4.78, 5) is 38.6. The van der Waals surface area contributed by atoms with E-state index in [1.807, 2.05) is 6.92 Å². The lowest BCUT2D eigenvalue weighted by Crippen LogP contribution is -2.42. The first-order valence-corrected chi connectivity index (χ1v) is 7.56. The van der Waals surface area contributed by atoms with Crippen LogP contribution < -0.4 is 0 Å². The molecule has 0 bridgehead atoms. The van der Waals surface area contributed by atoms with Gasteiger partial charge in [-0.2, -0.15) is 5.10 Å². The highest BCUT2D eigenvalue weighted by Crippen LogP contribution is 2.23. The van der Waals surface area contributed by atoms with Crippen molar-refractivity contribution in [3.05, 3.63) is 18.5 Å². The molecule has 2 rings (SSSR count). The summed E-state index contributed by atoms with van der Waals surface area (Å²) < 4.78 is 1.53. The van der Waals surface area contributed by atoms with E-state index in [0.29, 0.717) is 6.54 Å². The second kappa shape index (κ2) is 6.80. The number of likely N-dealkylation sites (N-methyl/N-ethyl adjacent to an activating group) is 1. The van der Waals surface area contributed by atoms with Gasteiger partial charge in [-0.3, -0.25) is 19.1 Å². The molecule has 1 aliphatic rings. The van der Waals surface area contributed by atoms with E-state index >= 15 is 0 Å². The summed E-state index contributed by atoms with van der Waals surface area (Å²) in [6.45, 7) is 4.08. The zero-order valence-corrected chi connectivity index (χ0v) is 13.5. The van der Waals surface area contributed by atoms with Gasteiger partial charge in [0.15, 0.2) is 0 Å². The minimum atomic E-state index is -0.885. The second-order valence-corrected chi connectivity index (χ2v) is 6.08. The van der Waals surface area contributed by atoms with Crippen LogP contribution in [0.15, 0.2) is 18.5 Å². The van der Waals surface area contributed by atoms with E-state index in [2.05, 4.69) is 5.10 Å². The number of aliphatic carboxylic acids is 1. The van der Waals surface area contributed by atoms with E-state index in [-0.39, 0.29) is 30.8 Å². The maximum Gasteiger partial charge on any atom is 0.308 e. The summed E-state index contributed by atoms with van der Waals surface area (Å²) in [7, 11) is 1.56. The zero-order valence-electron chi connectivity index (χ0n) is 13.5. The Balaban J connectivity index is 1.92. The van der Waals surface area contributed by atoms with Gasteiger partial charge in [-0.15, -0.1) is 0 Å². The van der Waals surface area contributed by atoms with Gasteiger partial charge >= 0.3 is 5.97 Å². The molecule has 1 N–H and O–H groups in total. The van der Waals surface area contributed by atoms with Crippen LogP contribution in [0.1, 0.15) is 19.9 Å². The van der Waals surface area contributed by atoms with E-state index in [4.69, 9.17) is 5.11 Å². The number of carboxylic acids is 1. The first-order valence-electron chi connectivity index (χ1n) is 7.56. The summed E-state index contributed by atoms with van der Waals surface area (Å²) in [5, 5.41) is 13.1. The van der Waals surface area contributed by atoms with Gasteiger partial charge in [0.05, 0.1) is 12.5 Å². The average Bonchev–Trinajstić information content (AvgIpc) is 3.14. The van der Waals surface area contributed by atoms with E-state index in [9.17, 15) is 14.4 Å². The fraction of sp³-hybridized carbons (Fsp3) is 0.600. The van der Waals surface area contributed by atoms with Gasteiger partial charge < -0.3 is 14.9 Å². The molecule has 2 amide bonds. The minimum absolute atomic E-state index is 0.0660. The molecule has 0 aromatic carbocycles. The van der Waals surface area contributed by atoms with Crippen LogP contribution in [0.3, 0.4) is 0 Å². The summed E-state index contributed by atoms with van der Waals surface area (Å²) in [6, 6.07) is 1.24. The van der Waals surface area contributed by atoms with Crippen molar-refractivity contribution >= 4 is 17.8 Å². The lowest BCUT2D eigenvalue weighted by Gasteiger charge is -2.24. The van der Waals surface area contributed by atoms with Crippen LogP contribution in [-0.4, -0.2) is 69.2 Å². The summed E-state index contributed by atoms with van der Waals surface area (Å²) in [6.07, 6.45) is 3.28. The molecule has 1 aromatic rings. The third-order valence-electron chi connectivity index (χ3n) is 4.31. The zero-order chi connectivity index (χ0) is 17.1. The third-order valence-corrected chi connectivity index (χ3v) is 4.31. The maximum absolute atomic E-state index is 12.3. The molecule has 1 fully saturated rings. The largest absolute Gasteiger partial charge is 0.481 e. The molecule has 1 saturated heterocycles. The molecule has 0 spiro atoms. The van der Waals surface area contributed by atoms with Crippen molar-refractivity contribution in [3.63, 3.8) is 0 Å². The molecule has 1 aromatic heterocycles. The monoisotopic (exact) mass is 322 g/mol. The van der Waals surface area contributed by atoms with Crippen molar-refractivity contribution in [1.82, 2.24) is 19.6 Å². The van der Waals surface area contributed by atoms with E-state index < -0.39 is 17.9 Å². The number of carbonyl (C=O) groups excluding carboxylic acids is 2. The highest BCUT2D eigenvalue weighted by molar-refractivity contribution is 5.87. The summed E-state index contributed by atoms with van der Waals surface area (Å²) >= 11 is 0. The van der Waals surface area contributed by atoms with Crippen molar-refractivity contribution in [2.45, 2.75) is 19.9 Å². The number of amides is 2. The molecule has 23 heavy (non-hydrogen) atoms. The Bertz CT molecular complexity index is 586. The van der Waals surface area contributed by atoms with Gasteiger partial charge in [0.1, 0.15) is 6.04 Å². The predicted octanol–water partition coefficient (Wildman–Crippen LogP) is 0.0816. The molecule has 0 radical (unpaired) electrons. The van der Waals surface area contributed by atoms with Crippen LogP contribution >= 0.6 is 0 Å². The third kappa shape index (κ3) is 3.69. The van der Waals surface area contributed by atoms with Crippen molar-refractivity contribution in [3.8, 4) is 0 Å². The Morgan fingerprint density at radius 2 is 2.09 bits per heavy atom. The number of carbonyl (C=O) groups is 3. The lowest BCUT2D eigenvalue weighted by molar-refractivity contribution is -0.143. The molecular weight excluding hydrogens is 300 g/mol. The second-order valence-electron chi connectivity index (χ2n) is 6.08. The van der Waals surface area contributed by atoms with Crippen molar-refractivity contribution in [1.29, 1.82) is 0 Å². The van der Waals surface area contributed by atoms with Crippen LogP contribution in [-0.2, 0) is 14.4 Å². The molecule has 1 unspecified atom stereocenters. The number of nitrogens with zero attached hydrogens (tertiary/aromatic N) is 4. The molecule has 126 valence electrons. The molecule has 0 aliphatic carbocycles. The Kier molecular flexibility index (Phi) is 5.02. The van der Waals surface area contributed by atoms with E-state index in [0.717, 1.165) is 0 Å². The molecule has 8 heteroatoms. The molecule has 3 atom stereocenters. The lowest BCUT2D eigenvalue weighted by atomic mass is 9.99. The number of rotatable bonds is 5. The van der Waals surface area contributed by atoms with Crippen molar-refractivity contribution in [2.75, 3.05) is 26.7 Å². The first-order chi connectivity index (χ1) is 10.8. The Morgan fingerprint density at radius 1 is 1.39 bits per heavy atom. The molecule has 1 aliphatic heterocycles. The summed E-state index contributed by atoms with van der Waals surface area (Å²) in [5.74, 6) is -1.96. The van der Waals surface area contributed by atoms with Crippen molar-refractivity contribution < 1.29 is 19.5 Å². The number of aromatic nitrogens is 2. The number of hydrogen-bond acceptors (Lipinski definition) is 4. The van der Waals surface area contributed by atoms with Crippen LogP contribution in [0.2, 0.25) is 0 Å². The SMILES string of the molecule is CC(C(=O)N(C)CC(=O)N1C[C@@H](C)[C@H](C(=O)O)C1)n1cccn1. The van der Waals surface area contributed by atoms with Gasteiger partial charge in [-0.05, 0) is 18.9 Å². The Hall–Kier alpha value is -2.38. The van der Waals surface area contributed by atoms with Gasteiger partial charge in [-0.1, -0.05) is 6.92 Å². The smallest absolute Gasteiger partial charge is 0.308 e. The standard InChI is InChI=1S/C15H22N4O4/c1-10-7-18(8-12(10)15(22)23)13(20)9-17(3)14(21)11(2)19-6-4-5-16-19/h4-6,10-12H,7-9H2,1-3H3,(H,22,23)/t10-,11?,12-/m1/s1. The van der Waals surface area contributed by atoms with Gasteiger partial charge in [-0.25, -0.2) is 0 Å². The van der Waals surface area contributed by atoms with Gasteiger partial charge in [0.25, 0.3) is 0 Å². The van der Waals surface area contributed by atoms with E-state index in [1.54, 1.807) is 32.4 Å². The number of carboxylic acid groups (broad SMARTS) is 1. The normalized spacial score (nSPS) is 22.0. The number of likely N-dealkylation sites (tertiary alicyclic amines) is 1. The highest BCUT2D eigenvalue weighted by Gasteiger charge is 2.37.